The Morgan fingerprint density at radius 3 is 2.70 bits per heavy atom. The summed E-state index contributed by atoms with van der Waals surface area (Å²) >= 11 is 0. The van der Waals surface area contributed by atoms with E-state index in [0.717, 1.165) is 19.3 Å². The molecule has 2 aliphatic carbocycles. The number of aliphatic hydroxyl groups is 2. The highest BCUT2D eigenvalue weighted by Crippen LogP contribution is 2.57. The summed E-state index contributed by atoms with van der Waals surface area (Å²) in [7, 11) is 0. The highest BCUT2D eigenvalue weighted by Gasteiger charge is 2.59. The second kappa shape index (κ2) is 5.35. The summed E-state index contributed by atoms with van der Waals surface area (Å²) in [4.78, 5) is 0. The molecule has 1 fully saturated rings. The third-order valence-corrected chi connectivity index (χ3v) is 6.39. The number of fused-ring (bicyclic) bond motifs is 3. The van der Waals surface area contributed by atoms with Crippen molar-refractivity contribution < 1.29 is 15.3 Å². The van der Waals surface area contributed by atoms with E-state index in [4.69, 9.17) is 0 Å². The van der Waals surface area contributed by atoms with Gasteiger partial charge in [-0.1, -0.05) is 25.1 Å². The highest BCUT2D eigenvalue weighted by molar-refractivity contribution is 5.44. The largest absolute Gasteiger partial charge is 0.508 e. The van der Waals surface area contributed by atoms with Gasteiger partial charge in [0.25, 0.3) is 0 Å². The van der Waals surface area contributed by atoms with Crippen LogP contribution in [0.5, 0.6) is 5.75 Å². The van der Waals surface area contributed by atoms with Gasteiger partial charge in [0.05, 0.1) is 5.60 Å². The number of hydrogen-bond donors (Lipinski definition) is 3. The lowest BCUT2D eigenvalue weighted by Gasteiger charge is -2.58. The van der Waals surface area contributed by atoms with Gasteiger partial charge < -0.3 is 15.3 Å². The number of benzene rings is 1. The molecule has 0 spiro atoms. The van der Waals surface area contributed by atoms with Crippen molar-refractivity contribution in [3.05, 3.63) is 41.5 Å². The zero-order valence-electron chi connectivity index (χ0n) is 14.3. The van der Waals surface area contributed by atoms with Gasteiger partial charge in [-0.3, -0.25) is 0 Å². The van der Waals surface area contributed by atoms with Crippen LogP contribution < -0.4 is 0 Å². The van der Waals surface area contributed by atoms with Gasteiger partial charge in [-0.05, 0) is 75.1 Å². The fourth-order valence-corrected chi connectivity index (χ4v) is 5.13. The lowest BCUT2D eigenvalue weighted by Crippen LogP contribution is -2.63. The summed E-state index contributed by atoms with van der Waals surface area (Å²) in [6.45, 7) is 5.81. The fraction of sp³-hybridized carbons (Fsp3) is 0.600. The van der Waals surface area contributed by atoms with Crippen molar-refractivity contribution >= 4 is 0 Å². The molecule has 0 amide bonds. The van der Waals surface area contributed by atoms with Gasteiger partial charge in [-0.2, -0.15) is 0 Å². The van der Waals surface area contributed by atoms with Crippen molar-refractivity contribution in [2.75, 3.05) is 0 Å². The Hall–Kier alpha value is -1.32. The van der Waals surface area contributed by atoms with Crippen LogP contribution in [-0.4, -0.2) is 26.5 Å². The number of hydrogen-bond acceptors (Lipinski definition) is 3. The van der Waals surface area contributed by atoms with Gasteiger partial charge in [-0.25, -0.2) is 0 Å². The molecule has 0 radical (unpaired) electrons. The van der Waals surface area contributed by atoms with Crippen LogP contribution in [0.1, 0.15) is 57.6 Å². The zero-order chi connectivity index (χ0) is 16.9. The molecular formula is C20H28O3. The predicted molar refractivity (Wildman–Crippen MR) is 91.5 cm³/mol. The van der Waals surface area contributed by atoms with Crippen molar-refractivity contribution in [2.45, 2.75) is 69.5 Å². The van der Waals surface area contributed by atoms with E-state index in [0.29, 0.717) is 24.5 Å². The molecule has 0 heterocycles. The average Bonchev–Trinajstić information content (AvgIpc) is 2.48. The quantitative estimate of drug-likeness (QED) is 0.732. The van der Waals surface area contributed by atoms with Crippen molar-refractivity contribution in [1.29, 1.82) is 0 Å². The molecule has 3 heteroatoms. The monoisotopic (exact) mass is 316 g/mol. The molecule has 0 aromatic heterocycles. The Bertz CT molecular complexity index is 634. The van der Waals surface area contributed by atoms with Crippen LogP contribution in [0.25, 0.3) is 0 Å². The smallest absolute Gasteiger partial charge is 0.115 e. The van der Waals surface area contributed by atoms with Crippen LogP contribution in [0, 0.1) is 5.92 Å². The van der Waals surface area contributed by atoms with Crippen molar-refractivity contribution in [3.8, 4) is 5.75 Å². The number of phenols is 1. The van der Waals surface area contributed by atoms with Crippen LogP contribution >= 0.6 is 0 Å². The minimum Gasteiger partial charge on any atom is -0.508 e. The minimum atomic E-state index is -1.17. The van der Waals surface area contributed by atoms with E-state index in [1.54, 1.807) is 19.1 Å². The maximum absolute atomic E-state index is 11.1. The van der Waals surface area contributed by atoms with E-state index in [1.165, 1.54) is 11.1 Å². The average molecular weight is 316 g/mol. The molecule has 126 valence electrons. The van der Waals surface area contributed by atoms with Gasteiger partial charge in [0.15, 0.2) is 0 Å². The fourth-order valence-electron chi connectivity index (χ4n) is 5.13. The first-order valence-corrected chi connectivity index (χ1v) is 8.69. The Kier molecular flexibility index (Phi) is 3.85. The summed E-state index contributed by atoms with van der Waals surface area (Å²) in [5, 5.41) is 32.0. The SMILES string of the molecule is CC=CC1(O)C[C@H]2CCc3cc(O)ccc3C2(CC)CC1(C)O. The van der Waals surface area contributed by atoms with Crippen LogP contribution in [0.3, 0.4) is 0 Å². The van der Waals surface area contributed by atoms with Gasteiger partial charge in [0.2, 0.25) is 0 Å². The molecule has 3 N–H and O–H groups in total. The van der Waals surface area contributed by atoms with E-state index < -0.39 is 11.2 Å². The van der Waals surface area contributed by atoms with Crippen LogP contribution in [0.4, 0.5) is 0 Å². The Morgan fingerprint density at radius 1 is 1.30 bits per heavy atom. The second-order valence-electron chi connectivity index (χ2n) is 7.67. The molecule has 2 aliphatic rings. The van der Waals surface area contributed by atoms with E-state index in [1.807, 2.05) is 25.1 Å². The Morgan fingerprint density at radius 2 is 2.04 bits per heavy atom. The normalized spacial score (nSPS) is 40.0. The molecule has 4 atom stereocenters. The highest BCUT2D eigenvalue weighted by atomic mass is 16.4. The third kappa shape index (κ3) is 2.33. The summed E-state index contributed by atoms with van der Waals surface area (Å²) in [5.74, 6) is 0.646. The maximum Gasteiger partial charge on any atom is 0.115 e. The third-order valence-electron chi connectivity index (χ3n) is 6.39. The number of allylic oxidation sites excluding steroid dienone is 1. The molecule has 0 aliphatic heterocycles. The summed E-state index contributed by atoms with van der Waals surface area (Å²) in [6.07, 6.45) is 7.56. The number of aromatic hydroxyl groups is 1. The molecule has 0 saturated heterocycles. The first kappa shape index (κ1) is 16.5. The van der Waals surface area contributed by atoms with Crippen molar-refractivity contribution in [3.63, 3.8) is 0 Å². The van der Waals surface area contributed by atoms with E-state index in [-0.39, 0.29) is 5.41 Å². The van der Waals surface area contributed by atoms with Crippen molar-refractivity contribution in [1.82, 2.24) is 0 Å². The van der Waals surface area contributed by atoms with Crippen LogP contribution in [0.2, 0.25) is 0 Å². The maximum atomic E-state index is 11.1. The molecule has 1 saturated carbocycles. The molecule has 3 rings (SSSR count). The van der Waals surface area contributed by atoms with Crippen molar-refractivity contribution in [2.24, 2.45) is 5.92 Å². The summed E-state index contributed by atoms with van der Waals surface area (Å²) < 4.78 is 0. The second-order valence-corrected chi connectivity index (χ2v) is 7.67. The molecule has 3 nitrogen and oxygen atoms in total. The Labute approximate surface area is 138 Å². The first-order chi connectivity index (χ1) is 10.8. The predicted octanol–water partition coefficient (Wildman–Crippen LogP) is 3.45. The van der Waals surface area contributed by atoms with E-state index in [2.05, 4.69) is 6.92 Å². The molecule has 1 aromatic rings. The number of aryl methyl sites for hydroxylation is 1. The topological polar surface area (TPSA) is 60.7 Å². The van der Waals surface area contributed by atoms with E-state index >= 15 is 0 Å². The molecule has 1 aromatic carbocycles. The minimum absolute atomic E-state index is 0.126. The van der Waals surface area contributed by atoms with E-state index in [9.17, 15) is 15.3 Å². The zero-order valence-corrected chi connectivity index (χ0v) is 14.3. The first-order valence-electron chi connectivity index (χ1n) is 8.69. The summed E-state index contributed by atoms with van der Waals surface area (Å²) in [5.41, 5.74) is -0.0244. The van der Waals surface area contributed by atoms with Gasteiger partial charge in [-0.15, -0.1) is 0 Å². The molecule has 23 heavy (non-hydrogen) atoms. The van der Waals surface area contributed by atoms with Crippen LogP contribution in [0.15, 0.2) is 30.4 Å². The van der Waals surface area contributed by atoms with Gasteiger partial charge in [0, 0.05) is 5.41 Å². The van der Waals surface area contributed by atoms with Gasteiger partial charge >= 0.3 is 0 Å². The molecule has 3 unspecified atom stereocenters. The summed E-state index contributed by atoms with van der Waals surface area (Å²) in [6, 6.07) is 5.64. The van der Waals surface area contributed by atoms with Gasteiger partial charge in [0.1, 0.15) is 11.4 Å². The molecule has 0 bridgehead atoms. The lowest BCUT2D eigenvalue weighted by atomic mass is 9.49. The number of rotatable bonds is 2. The molecular weight excluding hydrogens is 288 g/mol. The number of phenolic OH excluding ortho intramolecular Hbond substituents is 1. The Balaban J connectivity index is 2.12. The van der Waals surface area contributed by atoms with Crippen LogP contribution in [-0.2, 0) is 11.8 Å². The standard InChI is InChI=1S/C20H28O3/c1-4-10-20(23)12-15-7-6-14-11-16(21)8-9-17(14)19(15,5-2)13-18(20,3)22/h4,8-11,15,21-23H,5-7,12-13H2,1-3H3/t15-,18?,19?,20?/m1/s1. The lowest BCUT2D eigenvalue weighted by molar-refractivity contribution is -0.173.